The summed E-state index contributed by atoms with van der Waals surface area (Å²) >= 11 is 0. The molecule has 0 N–H and O–H groups in total. The van der Waals surface area contributed by atoms with E-state index in [1.807, 2.05) is 6.08 Å². The van der Waals surface area contributed by atoms with Crippen molar-refractivity contribution in [2.45, 2.75) is 13.3 Å². The van der Waals surface area contributed by atoms with Gasteiger partial charge in [0.1, 0.15) is 0 Å². The molecule has 0 saturated heterocycles. The number of hydrogen-bond donors (Lipinski definition) is 0. The van der Waals surface area contributed by atoms with Crippen LogP contribution >= 0.6 is 0 Å². The summed E-state index contributed by atoms with van der Waals surface area (Å²) in [6.45, 7) is 7.05. The van der Waals surface area contributed by atoms with Crippen molar-refractivity contribution < 1.29 is 0 Å². The Hall–Kier alpha value is -0.720. The maximum Gasteiger partial charge on any atom is 0.0212 e. The monoisotopic (exact) mass is 123 g/mol. The van der Waals surface area contributed by atoms with Crippen molar-refractivity contribution in [3.05, 3.63) is 23.9 Å². The average molecular weight is 123 g/mol. The fraction of sp³-hybridized carbons (Fsp3) is 0.500. The Kier molecular flexibility index (Phi) is 1.60. The number of hydrogen-bond acceptors (Lipinski definition) is 1. The van der Waals surface area contributed by atoms with E-state index in [9.17, 15) is 0 Å². The van der Waals surface area contributed by atoms with E-state index < -0.39 is 0 Å². The first kappa shape index (κ1) is 6.40. The molecule has 0 aliphatic carbocycles. The van der Waals surface area contributed by atoms with Gasteiger partial charge in [0, 0.05) is 19.3 Å². The molecule has 0 atom stereocenters. The third kappa shape index (κ3) is 0.995. The van der Waals surface area contributed by atoms with Crippen molar-refractivity contribution in [3.63, 3.8) is 0 Å². The molecule has 0 unspecified atom stereocenters. The van der Waals surface area contributed by atoms with E-state index in [-0.39, 0.29) is 0 Å². The Morgan fingerprint density at radius 1 is 1.67 bits per heavy atom. The minimum atomic E-state index is 1.16. The summed E-state index contributed by atoms with van der Waals surface area (Å²) in [6.07, 6.45) is 3.13. The number of nitrogens with zero attached hydrogens (tertiary/aromatic N) is 1. The molecule has 50 valence electrons. The van der Waals surface area contributed by atoms with Crippen LogP contribution in [0.15, 0.2) is 23.9 Å². The van der Waals surface area contributed by atoms with Crippen LogP contribution in [-0.4, -0.2) is 18.5 Å². The Morgan fingerprint density at radius 3 is 2.56 bits per heavy atom. The van der Waals surface area contributed by atoms with E-state index in [2.05, 4.69) is 25.5 Å². The lowest BCUT2D eigenvalue weighted by atomic mass is 10.2. The van der Waals surface area contributed by atoms with Crippen LogP contribution in [0.25, 0.3) is 0 Å². The van der Waals surface area contributed by atoms with Crippen LogP contribution in [-0.2, 0) is 0 Å². The molecule has 0 aromatic rings. The molecule has 1 aliphatic heterocycles. The fourth-order valence-electron chi connectivity index (χ4n) is 1.13. The van der Waals surface area contributed by atoms with Crippen LogP contribution in [0.2, 0.25) is 0 Å². The minimum Gasteiger partial charge on any atom is -0.378 e. The molecule has 9 heavy (non-hydrogen) atoms. The van der Waals surface area contributed by atoms with E-state index in [0.29, 0.717) is 0 Å². The topological polar surface area (TPSA) is 3.24 Å². The van der Waals surface area contributed by atoms with E-state index in [1.54, 1.807) is 0 Å². The third-order valence-electron chi connectivity index (χ3n) is 2.00. The molecule has 0 fully saturated rings. The highest BCUT2D eigenvalue weighted by atomic mass is 15.1. The van der Waals surface area contributed by atoms with Crippen LogP contribution in [0, 0.1) is 0 Å². The van der Waals surface area contributed by atoms with Gasteiger partial charge in [-0.1, -0.05) is 12.7 Å². The molecular formula is C8H13N. The van der Waals surface area contributed by atoms with Crippen LogP contribution in [0.3, 0.4) is 0 Å². The summed E-state index contributed by atoms with van der Waals surface area (Å²) in [5.41, 5.74) is 2.78. The molecule has 1 aliphatic rings. The van der Waals surface area contributed by atoms with Crippen molar-refractivity contribution in [2.24, 2.45) is 0 Å². The molecular weight excluding hydrogens is 110 g/mol. The second-order valence-corrected chi connectivity index (χ2v) is 2.49. The van der Waals surface area contributed by atoms with Gasteiger partial charge >= 0.3 is 0 Å². The second kappa shape index (κ2) is 2.26. The molecule has 1 heterocycles. The molecule has 0 saturated carbocycles. The molecule has 0 bridgehead atoms. The van der Waals surface area contributed by atoms with Gasteiger partial charge in [0.15, 0.2) is 0 Å². The molecule has 0 aromatic heterocycles. The Bertz CT molecular complexity index is 156. The van der Waals surface area contributed by atoms with Crippen molar-refractivity contribution in [3.8, 4) is 0 Å². The Morgan fingerprint density at radius 2 is 2.33 bits per heavy atom. The highest BCUT2D eigenvalue weighted by molar-refractivity contribution is 5.25. The normalized spacial score (nSPS) is 19.1. The van der Waals surface area contributed by atoms with Crippen molar-refractivity contribution in [1.82, 2.24) is 4.90 Å². The first-order valence-electron chi connectivity index (χ1n) is 3.29. The van der Waals surface area contributed by atoms with E-state index in [1.165, 1.54) is 17.7 Å². The van der Waals surface area contributed by atoms with Crippen LogP contribution in [0.1, 0.15) is 13.3 Å². The summed E-state index contributed by atoms with van der Waals surface area (Å²) in [4.78, 5) is 2.26. The smallest absolute Gasteiger partial charge is 0.0212 e. The van der Waals surface area contributed by atoms with Gasteiger partial charge < -0.3 is 4.90 Å². The maximum absolute atomic E-state index is 3.74. The molecule has 1 heteroatoms. The zero-order chi connectivity index (χ0) is 6.85. The number of rotatable bonds is 1. The quantitative estimate of drug-likeness (QED) is 0.513. The predicted molar refractivity (Wildman–Crippen MR) is 40.1 cm³/mol. The summed E-state index contributed by atoms with van der Waals surface area (Å²) < 4.78 is 0. The Balaban J connectivity index is 2.79. The lowest BCUT2D eigenvalue weighted by Crippen LogP contribution is -2.10. The highest BCUT2D eigenvalue weighted by Crippen LogP contribution is 2.20. The zero-order valence-corrected chi connectivity index (χ0v) is 6.15. The van der Waals surface area contributed by atoms with Gasteiger partial charge in [-0.3, -0.25) is 0 Å². The Labute approximate surface area is 56.7 Å². The average Bonchev–Trinajstić information content (AvgIpc) is 2.15. The first-order valence-corrected chi connectivity index (χ1v) is 3.29. The number of allylic oxidation sites excluding steroid dienone is 2. The van der Waals surface area contributed by atoms with Crippen molar-refractivity contribution in [2.75, 3.05) is 13.6 Å². The minimum absolute atomic E-state index is 1.16. The molecule has 0 spiro atoms. The van der Waals surface area contributed by atoms with E-state index in [4.69, 9.17) is 0 Å². The summed E-state index contributed by atoms with van der Waals surface area (Å²) in [6, 6.07) is 0. The van der Waals surface area contributed by atoms with Crippen molar-refractivity contribution >= 4 is 0 Å². The van der Waals surface area contributed by atoms with Gasteiger partial charge in [-0.15, -0.1) is 0 Å². The van der Waals surface area contributed by atoms with E-state index >= 15 is 0 Å². The third-order valence-corrected chi connectivity index (χ3v) is 2.00. The first-order chi connectivity index (χ1) is 4.25. The predicted octanol–water partition coefficient (Wildman–Crippen LogP) is 1.78. The summed E-state index contributed by atoms with van der Waals surface area (Å²) in [5, 5.41) is 0. The molecule has 1 rings (SSSR count). The second-order valence-electron chi connectivity index (χ2n) is 2.49. The fourth-order valence-corrected chi connectivity index (χ4v) is 1.13. The summed E-state index contributed by atoms with van der Waals surface area (Å²) in [7, 11) is 2.12. The zero-order valence-electron chi connectivity index (χ0n) is 6.15. The SMILES string of the molecule is C=CC1=C(C)N(C)CC1. The highest BCUT2D eigenvalue weighted by Gasteiger charge is 2.11. The van der Waals surface area contributed by atoms with Gasteiger partial charge in [-0.05, 0) is 18.9 Å². The maximum atomic E-state index is 3.74. The largest absolute Gasteiger partial charge is 0.378 e. The van der Waals surface area contributed by atoms with Crippen LogP contribution < -0.4 is 0 Å². The van der Waals surface area contributed by atoms with Gasteiger partial charge in [-0.25, -0.2) is 0 Å². The molecule has 0 amide bonds. The lowest BCUT2D eigenvalue weighted by molar-refractivity contribution is 0.460. The van der Waals surface area contributed by atoms with Crippen LogP contribution in [0.4, 0.5) is 0 Å². The molecule has 1 nitrogen and oxygen atoms in total. The van der Waals surface area contributed by atoms with Gasteiger partial charge in [0.05, 0.1) is 0 Å². The molecule has 0 radical (unpaired) electrons. The van der Waals surface area contributed by atoms with Gasteiger partial charge in [0.25, 0.3) is 0 Å². The summed E-state index contributed by atoms with van der Waals surface area (Å²) in [5.74, 6) is 0. The lowest BCUT2D eigenvalue weighted by Gasteiger charge is -2.10. The molecule has 0 aromatic carbocycles. The van der Waals surface area contributed by atoms with Crippen molar-refractivity contribution in [1.29, 1.82) is 0 Å². The van der Waals surface area contributed by atoms with E-state index in [0.717, 1.165) is 6.54 Å². The van der Waals surface area contributed by atoms with Crippen LogP contribution in [0.5, 0.6) is 0 Å². The standard InChI is InChI=1S/C8H13N/c1-4-8-5-6-9(3)7(8)2/h4H,1,5-6H2,2-3H3. The van der Waals surface area contributed by atoms with Gasteiger partial charge in [0.2, 0.25) is 0 Å². The van der Waals surface area contributed by atoms with Gasteiger partial charge in [-0.2, -0.15) is 0 Å².